The van der Waals surface area contributed by atoms with Gasteiger partial charge in [0.2, 0.25) is 0 Å². The lowest BCUT2D eigenvalue weighted by molar-refractivity contribution is 0.0696. The van der Waals surface area contributed by atoms with Gasteiger partial charge in [0.05, 0.1) is 17.8 Å². The Morgan fingerprint density at radius 2 is 2.10 bits per heavy atom. The molecule has 1 aromatic heterocycles. The molecule has 21 heavy (non-hydrogen) atoms. The summed E-state index contributed by atoms with van der Waals surface area (Å²) in [7, 11) is 0. The molecule has 0 fully saturated rings. The topological polar surface area (TPSA) is 105 Å². The summed E-state index contributed by atoms with van der Waals surface area (Å²) in [5.74, 6) is -1.31. The first-order valence-corrected chi connectivity index (χ1v) is 6.30. The number of pyridine rings is 1. The van der Waals surface area contributed by atoms with Gasteiger partial charge >= 0.3 is 5.97 Å². The number of nitrogens with one attached hydrogen (secondary N) is 1. The number of carbonyl (C=O) groups is 2. The lowest BCUT2D eigenvalue weighted by atomic mass is 10.1. The van der Waals surface area contributed by atoms with Crippen LogP contribution in [0.15, 0.2) is 36.5 Å². The Morgan fingerprint density at radius 1 is 1.33 bits per heavy atom. The zero-order valence-electron chi connectivity index (χ0n) is 11.5. The quantitative estimate of drug-likeness (QED) is 0.740. The molecular weight excluding hydrogens is 270 g/mol. The lowest BCUT2D eigenvalue weighted by Gasteiger charge is -2.09. The van der Waals surface area contributed by atoms with E-state index in [0.717, 1.165) is 0 Å². The summed E-state index contributed by atoms with van der Waals surface area (Å²) in [6.07, 6.45) is 1.40. The predicted molar refractivity (Wildman–Crippen MR) is 78.0 cm³/mol. The Hall–Kier alpha value is -2.89. The fourth-order valence-corrected chi connectivity index (χ4v) is 1.87. The fraction of sp³-hybridized carbons (Fsp3) is 0.133. The van der Waals surface area contributed by atoms with E-state index in [-0.39, 0.29) is 18.0 Å². The Bertz CT molecular complexity index is 698. The molecular formula is C15H15N3O3. The third-order valence-electron chi connectivity index (χ3n) is 3.11. The number of carboxylic acid groups (broad SMARTS) is 1. The van der Waals surface area contributed by atoms with E-state index in [2.05, 4.69) is 10.3 Å². The molecule has 0 aliphatic carbocycles. The van der Waals surface area contributed by atoms with Crippen molar-refractivity contribution in [3.05, 3.63) is 58.9 Å². The maximum Gasteiger partial charge on any atom is 0.335 e. The van der Waals surface area contributed by atoms with Gasteiger partial charge in [-0.3, -0.25) is 9.78 Å². The number of benzene rings is 1. The molecule has 0 atom stereocenters. The van der Waals surface area contributed by atoms with Crippen molar-refractivity contribution in [2.75, 3.05) is 5.73 Å². The third-order valence-corrected chi connectivity index (χ3v) is 3.11. The number of carbonyl (C=O) groups excluding carboxylic acids is 1. The number of carboxylic acids is 1. The number of nitrogen functional groups attached to an aromatic ring is 1. The summed E-state index contributed by atoms with van der Waals surface area (Å²) >= 11 is 0. The van der Waals surface area contributed by atoms with Crippen LogP contribution in [0.1, 0.15) is 32.0 Å². The molecule has 2 aromatic rings. The highest BCUT2D eigenvalue weighted by atomic mass is 16.4. The number of aromatic nitrogens is 1. The summed E-state index contributed by atoms with van der Waals surface area (Å²) in [5, 5.41) is 11.6. The second kappa shape index (κ2) is 6.04. The van der Waals surface area contributed by atoms with Crippen LogP contribution in [0.2, 0.25) is 0 Å². The van der Waals surface area contributed by atoms with Crippen LogP contribution in [0.3, 0.4) is 0 Å². The van der Waals surface area contributed by atoms with Crippen LogP contribution in [0, 0.1) is 6.92 Å². The number of hydrogen-bond acceptors (Lipinski definition) is 4. The largest absolute Gasteiger partial charge is 0.478 e. The average molecular weight is 285 g/mol. The molecule has 4 N–H and O–H groups in total. The van der Waals surface area contributed by atoms with E-state index in [0.29, 0.717) is 22.5 Å². The smallest absolute Gasteiger partial charge is 0.335 e. The summed E-state index contributed by atoms with van der Waals surface area (Å²) in [4.78, 5) is 27.0. The summed E-state index contributed by atoms with van der Waals surface area (Å²) < 4.78 is 0. The van der Waals surface area contributed by atoms with Crippen molar-refractivity contribution in [2.45, 2.75) is 13.5 Å². The summed E-state index contributed by atoms with van der Waals surface area (Å²) in [6, 6.07) is 7.94. The van der Waals surface area contributed by atoms with Gasteiger partial charge in [-0.15, -0.1) is 0 Å². The van der Waals surface area contributed by atoms with Gasteiger partial charge in [-0.25, -0.2) is 4.79 Å². The minimum absolute atomic E-state index is 0.134. The maximum atomic E-state index is 12.1. The monoisotopic (exact) mass is 285 g/mol. The Morgan fingerprint density at radius 3 is 2.81 bits per heavy atom. The van der Waals surface area contributed by atoms with E-state index in [1.54, 1.807) is 25.1 Å². The molecule has 0 radical (unpaired) electrons. The van der Waals surface area contributed by atoms with E-state index < -0.39 is 5.97 Å². The Balaban J connectivity index is 2.09. The van der Waals surface area contributed by atoms with Crippen LogP contribution in [0.25, 0.3) is 0 Å². The maximum absolute atomic E-state index is 12.1. The van der Waals surface area contributed by atoms with Crippen molar-refractivity contribution in [3.63, 3.8) is 0 Å². The first-order chi connectivity index (χ1) is 9.99. The molecule has 6 nitrogen and oxygen atoms in total. The number of aromatic carboxylic acids is 1. The van der Waals surface area contributed by atoms with Crippen molar-refractivity contribution in [2.24, 2.45) is 0 Å². The van der Waals surface area contributed by atoms with Crippen molar-refractivity contribution in [1.29, 1.82) is 0 Å². The van der Waals surface area contributed by atoms with Gasteiger partial charge in [0.1, 0.15) is 0 Å². The Labute approximate surface area is 121 Å². The van der Waals surface area contributed by atoms with E-state index in [9.17, 15) is 9.59 Å². The molecule has 1 aromatic carbocycles. The van der Waals surface area contributed by atoms with Gasteiger partial charge in [-0.05, 0) is 36.8 Å². The highest BCUT2D eigenvalue weighted by Crippen LogP contribution is 2.15. The average Bonchev–Trinajstić information content (AvgIpc) is 2.48. The first-order valence-electron chi connectivity index (χ1n) is 6.30. The van der Waals surface area contributed by atoms with Crippen molar-refractivity contribution in [1.82, 2.24) is 10.3 Å². The van der Waals surface area contributed by atoms with Gasteiger partial charge in [0.25, 0.3) is 5.91 Å². The van der Waals surface area contributed by atoms with Gasteiger partial charge < -0.3 is 16.2 Å². The minimum Gasteiger partial charge on any atom is -0.478 e. The first kappa shape index (κ1) is 14.5. The predicted octanol–water partition coefficient (Wildman–Crippen LogP) is 1.60. The normalized spacial score (nSPS) is 10.1. The molecule has 2 rings (SSSR count). The minimum atomic E-state index is -1.03. The van der Waals surface area contributed by atoms with E-state index >= 15 is 0 Å². The number of nitrogens with two attached hydrogens (primary N) is 1. The molecule has 6 heteroatoms. The molecule has 0 aliphatic rings. The molecule has 0 unspecified atom stereocenters. The van der Waals surface area contributed by atoms with Crippen LogP contribution in [-0.4, -0.2) is 22.0 Å². The van der Waals surface area contributed by atoms with Crippen LogP contribution in [0.5, 0.6) is 0 Å². The number of anilines is 1. The Kier molecular flexibility index (Phi) is 4.18. The highest BCUT2D eigenvalue weighted by Gasteiger charge is 2.11. The second-order valence-electron chi connectivity index (χ2n) is 4.54. The second-order valence-corrected chi connectivity index (χ2v) is 4.54. The molecule has 0 spiro atoms. The molecule has 0 saturated carbocycles. The van der Waals surface area contributed by atoms with E-state index in [1.807, 2.05) is 0 Å². The number of rotatable bonds is 4. The molecule has 1 heterocycles. The van der Waals surface area contributed by atoms with Gasteiger partial charge in [-0.1, -0.05) is 6.07 Å². The van der Waals surface area contributed by atoms with E-state index in [4.69, 9.17) is 10.8 Å². The number of amides is 1. The number of hydrogen-bond donors (Lipinski definition) is 3. The standard InChI is InChI=1S/C15H15N3O3/c1-9-12(3-2-4-13(9)16)14(19)18-8-11-7-10(15(20)21)5-6-17-11/h2-7H,8,16H2,1H3,(H,18,19)(H,20,21). The summed E-state index contributed by atoms with van der Waals surface area (Å²) in [6.45, 7) is 1.92. The molecule has 0 saturated heterocycles. The lowest BCUT2D eigenvalue weighted by Crippen LogP contribution is -2.24. The molecule has 0 bridgehead atoms. The zero-order chi connectivity index (χ0) is 15.4. The van der Waals surface area contributed by atoms with Crippen LogP contribution in [-0.2, 0) is 6.54 Å². The van der Waals surface area contributed by atoms with Crippen LogP contribution in [0.4, 0.5) is 5.69 Å². The molecule has 0 aliphatic heterocycles. The van der Waals surface area contributed by atoms with Crippen LogP contribution >= 0.6 is 0 Å². The van der Waals surface area contributed by atoms with Crippen LogP contribution < -0.4 is 11.1 Å². The highest BCUT2D eigenvalue weighted by molar-refractivity contribution is 5.96. The van der Waals surface area contributed by atoms with Gasteiger partial charge in [-0.2, -0.15) is 0 Å². The summed E-state index contributed by atoms with van der Waals surface area (Å²) in [5.41, 5.74) is 8.12. The molecule has 108 valence electrons. The fourth-order valence-electron chi connectivity index (χ4n) is 1.87. The van der Waals surface area contributed by atoms with Crippen molar-refractivity contribution < 1.29 is 14.7 Å². The van der Waals surface area contributed by atoms with Crippen molar-refractivity contribution in [3.8, 4) is 0 Å². The van der Waals surface area contributed by atoms with Crippen molar-refractivity contribution >= 4 is 17.6 Å². The van der Waals surface area contributed by atoms with Gasteiger partial charge in [0.15, 0.2) is 0 Å². The number of nitrogens with zero attached hydrogens (tertiary/aromatic N) is 1. The van der Waals surface area contributed by atoms with E-state index in [1.165, 1.54) is 18.3 Å². The molecule has 1 amide bonds. The van der Waals surface area contributed by atoms with Gasteiger partial charge in [0, 0.05) is 17.4 Å². The SMILES string of the molecule is Cc1c(N)cccc1C(=O)NCc1cc(C(=O)O)ccn1. The third kappa shape index (κ3) is 3.36. The zero-order valence-corrected chi connectivity index (χ0v) is 11.5.